The van der Waals surface area contributed by atoms with Gasteiger partial charge in [0, 0.05) is 5.92 Å². The summed E-state index contributed by atoms with van der Waals surface area (Å²) in [6.07, 6.45) is 2.57. The van der Waals surface area contributed by atoms with Gasteiger partial charge in [0.2, 0.25) is 5.91 Å². The number of aryl methyl sites for hydroxylation is 2. The lowest BCUT2D eigenvalue weighted by atomic mass is 9.83. The molecule has 1 amide bonds. The molecule has 21 heavy (non-hydrogen) atoms. The van der Waals surface area contributed by atoms with E-state index in [9.17, 15) is 9.90 Å². The minimum absolute atomic E-state index is 0.0105. The Kier molecular flexibility index (Phi) is 3.65. The van der Waals surface area contributed by atoms with E-state index in [1.165, 1.54) is 11.1 Å². The van der Waals surface area contributed by atoms with E-state index >= 15 is 0 Å². The summed E-state index contributed by atoms with van der Waals surface area (Å²) in [5.74, 6) is 0.0869. The zero-order valence-electron chi connectivity index (χ0n) is 12.1. The Hall–Kier alpha value is -2.29. The van der Waals surface area contributed by atoms with E-state index in [4.69, 9.17) is 0 Å². The number of aromatic hydroxyl groups is 1. The first-order valence-electron chi connectivity index (χ1n) is 7.31. The molecule has 108 valence electrons. The van der Waals surface area contributed by atoms with Crippen LogP contribution in [0.1, 0.15) is 23.1 Å². The van der Waals surface area contributed by atoms with Crippen molar-refractivity contribution in [3.8, 4) is 5.75 Å². The predicted molar refractivity (Wildman–Crippen MR) is 83.4 cm³/mol. The zero-order valence-corrected chi connectivity index (χ0v) is 12.1. The number of phenolic OH excluding ortho intramolecular Hbond substituents is 1. The fraction of sp³-hybridized carbons (Fsp3) is 0.278. The van der Waals surface area contributed by atoms with Gasteiger partial charge in [0.15, 0.2) is 0 Å². The molecule has 3 rings (SSSR count). The number of phenols is 1. The first-order valence-corrected chi connectivity index (χ1v) is 7.31. The van der Waals surface area contributed by atoms with E-state index < -0.39 is 0 Å². The van der Waals surface area contributed by atoms with Gasteiger partial charge in [0.25, 0.3) is 0 Å². The number of nitrogens with one attached hydrogen (secondary N) is 1. The second kappa shape index (κ2) is 5.60. The molecule has 0 aliphatic heterocycles. The van der Waals surface area contributed by atoms with Crippen LogP contribution in [0.5, 0.6) is 5.75 Å². The SMILES string of the molecule is Cc1ccc(NC(=O)C2CCc3ccccc3C2)c(O)c1. The van der Waals surface area contributed by atoms with Crippen molar-refractivity contribution in [2.45, 2.75) is 26.2 Å². The summed E-state index contributed by atoms with van der Waals surface area (Å²) >= 11 is 0. The molecule has 0 radical (unpaired) electrons. The third kappa shape index (κ3) is 2.92. The minimum atomic E-state index is -0.0272. The zero-order chi connectivity index (χ0) is 14.8. The van der Waals surface area contributed by atoms with Crippen LogP contribution in [-0.2, 0) is 17.6 Å². The number of hydrogen-bond acceptors (Lipinski definition) is 2. The molecule has 0 spiro atoms. The number of carbonyl (C=O) groups excluding carboxylic acids is 1. The molecule has 0 fully saturated rings. The van der Waals surface area contributed by atoms with E-state index in [0.29, 0.717) is 5.69 Å². The predicted octanol–water partition coefficient (Wildman–Crippen LogP) is 3.44. The van der Waals surface area contributed by atoms with Crippen molar-refractivity contribution in [3.63, 3.8) is 0 Å². The average molecular weight is 281 g/mol. The van der Waals surface area contributed by atoms with Crippen molar-refractivity contribution in [3.05, 3.63) is 59.2 Å². The largest absolute Gasteiger partial charge is 0.506 e. The Morgan fingerprint density at radius 1 is 1.19 bits per heavy atom. The van der Waals surface area contributed by atoms with Crippen LogP contribution in [0.2, 0.25) is 0 Å². The molecule has 0 saturated carbocycles. The normalized spacial score (nSPS) is 17.1. The summed E-state index contributed by atoms with van der Waals surface area (Å²) in [5, 5.41) is 12.7. The van der Waals surface area contributed by atoms with Crippen LogP contribution in [0, 0.1) is 12.8 Å². The summed E-state index contributed by atoms with van der Waals surface area (Å²) in [6, 6.07) is 13.6. The maximum Gasteiger partial charge on any atom is 0.227 e. The fourth-order valence-corrected chi connectivity index (χ4v) is 2.90. The third-order valence-corrected chi connectivity index (χ3v) is 4.13. The highest BCUT2D eigenvalue weighted by Gasteiger charge is 2.24. The van der Waals surface area contributed by atoms with Crippen LogP contribution < -0.4 is 5.32 Å². The highest BCUT2D eigenvalue weighted by atomic mass is 16.3. The van der Waals surface area contributed by atoms with Gasteiger partial charge in [-0.05, 0) is 55.0 Å². The number of rotatable bonds is 2. The molecule has 2 N–H and O–H groups in total. The number of carbonyl (C=O) groups is 1. The second-order valence-electron chi connectivity index (χ2n) is 5.72. The number of anilines is 1. The van der Waals surface area contributed by atoms with Gasteiger partial charge in [0.05, 0.1) is 5.69 Å². The van der Waals surface area contributed by atoms with E-state index in [0.717, 1.165) is 24.8 Å². The highest BCUT2D eigenvalue weighted by molar-refractivity contribution is 5.94. The molecule has 1 aliphatic carbocycles. The Labute approximate surface area is 124 Å². The Balaban J connectivity index is 1.72. The monoisotopic (exact) mass is 281 g/mol. The molecular formula is C18H19NO2. The van der Waals surface area contributed by atoms with Gasteiger partial charge >= 0.3 is 0 Å². The van der Waals surface area contributed by atoms with E-state index in [1.54, 1.807) is 12.1 Å². The fourth-order valence-electron chi connectivity index (χ4n) is 2.90. The molecule has 0 heterocycles. The van der Waals surface area contributed by atoms with Crippen LogP contribution in [0.4, 0.5) is 5.69 Å². The molecule has 3 nitrogen and oxygen atoms in total. The molecular weight excluding hydrogens is 262 g/mol. The summed E-state index contributed by atoms with van der Waals surface area (Å²) in [7, 11) is 0. The molecule has 1 aliphatic rings. The third-order valence-electron chi connectivity index (χ3n) is 4.13. The van der Waals surface area contributed by atoms with Crippen molar-refractivity contribution < 1.29 is 9.90 Å². The van der Waals surface area contributed by atoms with Crippen LogP contribution in [0.15, 0.2) is 42.5 Å². The molecule has 0 bridgehead atoms. The number of fused-ring (bicyclic) bond motifs is 1. The van der Waals surface area contributed by atoms with Gasteiger partial charge < -0.3 is 10.4 Å². The maximum absolute atomic E-state index is 12.4. The quantitative estimate of drug-likeness (QED) is 0.828. The maximum atomic E-state index is 12.4. The first-order chi connectivity index (χ1) is 10.1. The van der Waals surface area contributed by atoms with Crippen LogP contribution >= 0.6 is 0 Å². The minimum Gasteiger partial charge on any atom is -0.506 e. The molecule has 0 saturated heterocycles. The number of amides is 1. The smallest absolute Gasteiger partial charge is 0.227 e. The van der Waals surface area contributed by atoms with Gasteiger partial charge in [-0.2, -0.15) is 0 Å². The van der Waals surface area contributed by atoms with Crippen molar-refractivity contribution >= 4 is 11.6 Å². The first kappa shape index (κ1) is 13.7. The average Bonchev–Trinajstić information content (AvgIpc) is 2.49. The standard InChI is InChI=1S/C18H19NO2/c1-12-6-9-16(17(20)10-12)19-18(21)15-8-7-13-4-2-3-5-14(13)11-15/h2-6,9-10,15,20H,7-8,11H2,1H3,(H,19,21). The lowest BCUT2D eigenvalue weighted by Gasteiger charge is -2.24. The molecule has 3 heteroatoms. The van der Waals surface area contributed by atoms with Crippen molar-refractivity contribution in [1.29, 1.82) is 0 Å². The summed E-state index contributed by atoms with van der Waals surface area (Å²) in [5.41, 5.74) is 4.07. The molecule has 0 aromatic heterocycles. The van der Waals surface area contributed by atoms with Gasteiger partial charge in [-0.3, -0.25) is 4.79 Å². The van der Waals surface area contributed by atoms with Gasteiger partial charge in [-0.1, -0.05) is 30.3 Å². The second-order valence-corrected chi connectivity index (χ2v) is 5.72. The molecule has 2 aromatic rings. The van der Waals surface area contributed by atoms with Crippen molar-refractivity contribution in [1.82, 2.24) is 0 Å². The summed E-state index contributed by atoms with van der Waals surface area (Å²) in [4.78, 5) is 12.4. The van der Waals surface area contributed by atoms with Gasteiger partial charge in [-0.25, -0.2) is 0 Å². The van der Waals surface area contributed by atoms with Crippen LogP contribution in [-0.4, -0.2) is 11.0 Å². The molecule has 1 unspecified atom stereocenters. The number of benzene rings is 2. The molecule has 1 atom stereocenters. The van der Waals surface area contributed by atoms with E-state index in [2.05, 4.69) is 17.4 Å². The Morgan fingerprint density at radius 3 is 2.71 bits per heavy atom. The lowest BCUT2D eigenvalue weighted by molar-refractivity contribution is -0.120. The topological polar surface area (TPSA) is 49.3 Å². The lowest BCUT2D eigenvalue weighted by Crippen LogP contribution is -2.28. The highest BCUT2D eigenvalue weighted by Crippen LogP contribution is 2.28. The van der Waals surface area contributed by atoms with E-state index in [-0.39, 0.29) is 17.6 Å². The van der Waals surface area contributed by atoms with Crippen molar-refractivity contribution in [2.24, 2.45) is 5.92 Å². The Morgan fingerprint density at radius 2 is 1.95 bits per heavy atom. The molecule has 2 aromatic carbocycles. The van der Waals surface area contributed by atoms with Gasteiger partial charge in [-0.15, -0.1) is 0 Å². The van der Waals surface area contributed by atoms with E-state index in [1.807, 2.05) is 25.1 Å². The van der Waals surface area contributed by atoms with Gasteiger partial charge in [0.1, 0.15) is 5.75 Å². The summed E-state index contributed by atoms with van der Waals surface area (Å²) < 4.78 is 0. The van der Waals surface area contributed by atoms with Crippen molar-refractivity contribution in [2.75, 3.05) is 5.32 Å². The van der Waals surface area contributed by atoms with Crippen LogP contribution in [0.3, 0.4) is 0 Å². The Bertz CT molecular complexity index is 679. The summed E-state index contributed by atoms with van der Waals surface area (Å²) in [6.45, 7) is 1.91. The number of hydrogen-bond donors (Lipinski definition) is 2. The van der Waals surface area contributed by atoms with Crippen LogP contribution in [0.25, 0.3) is 0 Å².